The minimum atomic E-state index is -0.777. The van der Waals surface area contributed by atoms with E-state index < -0.39 is 6.10 Å². The molecule has 1 atom stereocenters. The Hall–Kier alpha value is -2.63. The molecule has 0 N–H and O–H groups in total. The van der Waals surface area contributed by atoms with Gasteiger partial charge in [0.05, 0.1) is 0 Å². The van der Waals surface area contributed by atoms with Crippen LogP contribution in [0, 0.1) is 0 Å². The zero-order valence-corrected chi connectivity index (χ0v) is 51.7. The predicted molar refractivity (Wildman–Crippen MR) is 335 cm³/mol. The minimum absolute atomic E-state index is 0.0734. The summed E-state index contributed by atoms with van der Waals surface area (Å²) in [5, 5.41) is 0. The number of carbonyl (C=O) groups excluding carboxylic acids is 3. The fraction of sp³-hybridized carbons (Fsp3) is 0.845. The zero-order chi connectivity index (χ0) is 55.7. The van der Waals surface area contributed by atoms with Crippen molar-refractivity contribution in [3.05, 3.63) is 48.6 Å². The molecule has 0 amide bonds. The highest BCUT2D eigenvalue weighted by Gasteiger charge is 2.19. The van der Waals surface area contributed by atoms with Crippen molar-refractivity contribution in [2.75, 3.05) is 13.2 Å². The highest BCUT2D eigenvalue weighted by atomic mass is 16.6. The quantitative estimate of drug-likeness (QED) is 0.0261. The molecule has 0 aromatic rings. The van der Waals surface area contributed by atoms with Crippen molar-refractivity contribution in [3.63, 3.8) is 0 Å². The summed E-state index contributed by atoms with van der Waals surface area (Å²) >= 11 is 0. The molecule has 0 spiro atoms. The molecule has 6 heteroatoms. The van der Waals surface area contributed by atoms with E-state index in [-0.39, 0.29) is 31.1 Å². The van der Waals surface area contributed by atoms with Crippen LogP contribution in [0.2, 0.25) is 0 Å². The molecule has 0 bridgehead atoms. The monoisotopic (exact) mass is 1080 g/mol. The van der Waals surface area contributed by atoms with E-state index in [1.165, 1.54) is 244 Å². The van der Waals surface area contributed by atoms with Crippen molar-refractivity contribution >= 4 is 17.9 Å². The van der Waals surface area contributed by atoms with Gasteiger partial charge in [-0.05, 0) is 77.0 Å². The standard InChI is InChI=1S/C71H130O6/c1-4-7-10-13-16-19-22-25-28-31-33-35-37-40-43-46-49-52-55-58-61-64-70(73)76-67-68(66-75-69(72)63-60-57-54-51-48-45-42-39-30-27-24-21-18-15-12-9-6-3)77-71(74)65-62-59-56-53-50-47-44-41-38-36-34-32-29-26-23-20-17-14-11-8-5-2/h9,12,18,21,27,30-31,33,68H,4-8,10-11,13-17,19-20,22-26,28-29,32,34-67H2,1-3H3/b12-9-,21-18-,30-27-,33-31-. The lowest BCUT2D eigenvalue weighted by atomic mass is 10.0. The summed E-state index contributed by atoms with van der Waals surface area (Å²) in [5.74, 6) is -0.859. The first kappa shape index (κ1) is 74.4. The molecule has 0 saturated heterocycles. The second kappa shape index (κ2) is 65.9. The van der Waals surface area contributed by atoms with Gasteiger partial charge in [0, 0.05) is 19.3 Å². The van der Waals surface area contributed by atoms with Crippen molar-refractivity contribution < 1.29 is 28.6 Å². The Morgan fingerprint density at radius 1 is 0.273 bits per heavy atom. The summed E-state index contributed by atoms with van der Waals surface area (Å²) in [5.41, 5.74) is 0. The van der Waals surface area contributed by atoms with Crippen LogP contribution in [0.25, 0.3) is 0 Å². The molecule has 450 valence electrons. The number of esters is 3. The molecule has 0 aliphatic heterocycles. The number of hydrogen-bond acceptors (Lipinski definition) is 6. The normalized spacial score (nSPS) is 12.3. The third kappa shape index (κ3) is 64.1. The van der Waals surface area contributed by atoms with E-state index in [4.69, 9.17) is 14.2 Å². The Morgan fingerprint density at radius 3 is 0.805 bits per heavy atom. The Bertz CT molecular complexity index is 1330. The third-order valence-electron chi connectivity index (χ3n) is 15.3. The maximum Gasteiger partial charge on any atom is 0.306 e. The molecule has 1 unspecified atom stereocenters. The lowest BCUT2D eigenvalue weighted by Gasteiger charge is -2.18. The summed E-state index contributed by atoms with van der Waals surface area (Å²) in [6.45, 7) is 6.59. The molecule has 0 aliphatic carbocycles. The molecule has 77 heavy (non-hydrogen) atoms. The number of hydrogen-bond donors (Lipinski definition) is 0. The summed E-state index contributed by atoms with van der Waals surface area (Å²) in [6, 6.07) is 0. The molecule has 0 fully saturated rings. The third-order valence-corrected chi connectivity index (χ3v) is 15.3. The second-order valence-corrected chi connectivity index (χ2v) is 23.1. The Labute approximate surface area is 479 Å². The summed E-state index contributed by atoms with van der Waals surface area (Å²) in [6.07, 6.45) is 82.7. The molecular formula is C71H130O6. The molecule has 0 rings (SSSR count). The number of rotatable bonds is 63. The van der Waals surface area contributed by atoms with Crippen LogP contribution in [0.15, 0.2) is 48.6 Å². The number of ether oxygens (including phenoxy) is 3. The predicted octanol–water partition coefficient (Wildman–Crippen LogP) is 23.3. The second-order valence-electron chi connectivity index (χ2n) is 23.1. The van der Waals surface area contributed by atoms with Crippen LogP contribution in [0.5, 0.6) is 0 Å². The lowest BCUT2D eigenvalue weighted by molar-refractivity contribution is -0.167. The van der Waals surface area contributed by atoms with E-state index in [1.54, 1.807) is 0 Å². The fourth-order valence-corrected chi connectivity index (χ4v) is 10.2. The fourth-order valence-electron chi connectivity index (χ4n) is 10.2. The minimum Gasteiger partial charge on any atom is -0.462 e. The van der Waals surface area contributed by atoms with Gasteiger partial charge in [-0.1, -0.05) is 320 Å². The number of carbonyl (C=O) groups is 3. The van der Waals surface area contributed by atoms with Crippen LogP contribution in [0.3, 0.4) is 0 Å². The Balaban J connectivity index is 4.33. The molecule has 0 radical (unpaired) electrons. The van der Waals surface area contributed by atoms with Crippen LogP contribution in [0.4, 0.5) is 0 Å². The van der Waals surface area contributed by atoms with E-state index >= 15 is 0 Å². The van der Waals surface area contributed by atoms with Gasteiger partial charge < -0.3 is 14.2 Å². The van der Waals surface area contributed by atoms with Crippen molar-refractivity contribution in [1.82, 2.24) is 0 Å². The summed E-state index contributed by atoms with van der Waals surface area (Å²) in [7, 11) is 0. The van der Waals surface area contributed by atoms with Gasteiger partial charge in [-0.3, -0.25) is 14.4 Å². The van der Waals surface area contributed by atoms with Crippen LogP contribution in [-0.4, -0.2) is 37.2 Å². The van der Waals surface area contributed by atoms with Crippen LogP contribution in [0.1, 0.15) is 367 Å². The van der Waals surface area contributed by atoms with Gasteiger partial charge >= 0.3 is 17.9 Å². The highest BCUT2D eigenvalue weighted by Crippen LogP contribution is 2.18. The maximum atomic E-state index is 12.9. The van der Waals surface area contributed by atoms with Gasteiger partial charge in [-0.15, -0.1) is 0 Å². The smallest absolute Gasteiger partial charge is 0.306 e. The Morgan fingerprint density at radius 2 is 0.506 bits per heavy atom. The molecule has 6 nitrogen and oxygen atoms in total. The van der Waals surface area contributed by atoms with Crippen LogP contribution >= 0.6 is 0 Å². The number of allylic oxidation sites excluding steroid dienone is 8. The zero-order valence-electron chi connectivity index (χ0n) is 51.7. The molecule has 0 aliphatic rings. The van der Waals surface area contributed by atoms with E-state index in [0.29, 0.717) is 19.3 Å². The van der Waals surface area contributed by atoms with E-state index in [9.17, 15) is 14.4 Å². The average molecular weight is 1080 g/mol. The topological polar surface area (TPSA) is 78.9 Å². The van der Waals surface area contributed by atoms with Crippen molar-refractivity contribution in [2.24, 2.45) is 0 Å². The molecule has 0 saturated carbocycles. The molecule has 0 aromatic carbocycles. The van der Waals surface area contributed by atoms with Gasteiger partial charge in [0.15, 0.2) is 6.10 Å². The summed E-state index contributed by atoms with van der Waals surface area (Å²) in [4.78, 5) is 38.4. The molecule has 0 aromatic heterocycles. The van der Waals surface area contributed by atoms with Gasteiger partial charge in [0.1, 0.15) is 13.2 Å². The van der Waals surface area contributed by atoms with Gasteiger partial charge in [-0.2, -0.15) is 0 Å². The van der Waals surface area contributed by atoms with E-state index in [2.05, 4.69) is 69.4 Å². The SMILES string of the molecule is CC/C=C\C/C=C\C/C=C\CCCCCCCCCC(=O)OCC(COC(=O)CCCCCCCCCCC/C=C\CCCCCCCCCC)OC(=O)CCCCCCCCCCCCCCCCCCCCCCC. The first-order valence-corrected chi connectivity index (χ1v) is 34.1. The lowest BCUT2D eigenvalue weighted by Crippen LogP contribution is -2.30. The first-order chi connectivity index (χ1) is 38.0. The van der Waals surface area contributed by atoms with Crippen molar-refractivity contribution in [2.45, 2.75) is 374 Å². The van der Waals surface area contributed by atoms with Crippen molar-refractivity contribution in [3.8, 4) is 0 Å². The molecular weight excluding hydrogens is 949 g/mol. The summed E-state index contributed by atoms with van der Waals surface area (Å²) < 4.78 is 17.0. The van der Waals surface area contributed by atoms with Crippen LogP contribution in [-0.2, 0) is 28.6 Å². The van der Waals surface area contributed by atoms with Gasteiger partial charge in [-0.25, -0.2) is 0 Å². The van der Waals surface area contributed by atoms with Gasteiger partial charge in [0.2, 0.25) is 0 Å². The maximum absolute atomic E-state index is 12.9. The first-order valence-electron chi connectivity index (χ1n) is 34.1. The Kier molecular flexibility index (Phi) is 63.6. The van der Waals surface area contributed by atoms with E-state index in [0.717, 1.165) is 83.5 Å². The molecule has 0 heterocycles. The largest absolute Gasteiger partial charge is 0.462 e. The van der Waals surface area contributed by atoms with Gasteiger partial charge in [0.25, 0.3) is 0 Å². The van der Waals surface area contributed by atoms with Crippen molar-refractivity contribution in [1.29, 1.82) is 0 Å². The average Bonchev–Trinajstić information content (AvgIpc) is 3.43. The van der Waals surface area contributed by atoms with E-state index in [1.807, 2.05) is 0 Å². The highest BCUT2D eigenvalue weighted by molar-refractivity contribution is 5.71. The number of unbranched alkanes of at least 4 members (excludes halogenated alkanes) is 44. The van der Waals surface area contributed by atoms with Crippen LogP contribution < -0.4 is 0 Å².